The van der Waals surface area contributed by atoms with Crippen molar-refractivity contribution in [1.29, 1.82) is 0 Å². The van der Waals surface area contributed by atoms with Gasteiger partial charge in [-0.25, -0.2) is 9.36 Å². The van der Waals surface area contributed by atoms with E-state index >= 15 is 0 Å². The molecule has 5 heteroatoms. The minimum atomic E-state index is 0.146. The maximum absolute atomic E-state index is 13.8. The van der Waals surface area contributed by atoms with Gasteiger partial charge in [0.25, 0.3) is 0 Å². The summed E-state index contributed by atoms with van der Waals surface area (Å²) in [6.45, 7) is 8.82. The molecule has 5 nitrogen and oxygen atoms in total. The van der Waals surface area contributed by atoms with Crippen LogP contribution in [0.25, 0.3) is 23.5 Å². The molecule has 1 fully saturated rings. The Bertz CT molecular complexity index is 1370. The first-order valence-electron chi connectivity index (χ1n) is 14.1. The van der Waals surface area contributed by atoms with Gasteiger partial charge in [0.15, 0.2) is 5.78 Å². The maximum atomic E-state index is 13.8. The van der Waals surface area contributed by atoms with E-state index in [4.69, 9.17) is 10.2 Å². The van der Waals surface area contributed by atoms with E-state index in [-0.39, 0.29) is 5.78 Å². The van der Waals surface area contributed by atoms with Crippen molar-refractivity contribution in [3.63, 3.8) is 0 Å². The highest BCUT2D eigenvalue weighted by atomic mass is 16.1. The third-order valence-electron chi connectivity index (χ3n) is 7.03. The second-order valence-corrected chi connectivity index (χ2v) is 11.3. The Hall–Kier alpha value is -3.99. The molecule has 5 rings (SSSR count). The number of Topliss-reactive ketones (excluding diaryl/α,β-unsaturated/α-hetero) is 1. The second-order valence-electron chi connectivity index (χ2n) is 11.3. The van der Waals surface area contributed by atoms with Crippen molar-refractivity contribution < 1.29 is 4.79 Å². The van der Waals surface area contributed by atoms with Crippen molar-refractivity contribution in [1.82, 2.24) is 19.6 Å². The molecule has 1 saturated carbocycles. The van der Waals surface area contributed by atoms with Crippen molar-refractivity contribution in [2.75, 3.05) is 0 Å². The summed E-state index contributed by atoms with van der Waals surface area (Å²) in [6.07, 6.45) is 12.6. The first kappa shape index (κ1) is 26.6. The van der Waals surface area contributed by atoms with Crippen molar-refractivity contribution >= 4 is 17.9 Å². The van der Waals surface area contributed by atoms with Crippen LogP contribution in [0.3, 0.4) is 0 Å². The predicted octanol–water partition coefficient (Wildman–Crippen LogP) is 7.68. The third-order valence-corrected chi connectivity index (χ3v) is 7.03. The van der Waals surface area contributed by atoms with Gasteiger partial charge in [-0.15, -0.1) is 0 Å². The lowest BCUT2D eigenvalue weighted by Crippen LogP contribution is -2.12. The minimum absolute atomic E-state index is 0.146. The second kappa shape index (κ2) is 11.8. The number of aromatic nitrogens is 4. The molecule has 0 aliphatic heterocycles. The monoisotopic (exact) mass is 518 g/mol. The Kier molecular flexibility index (Phi) is 8.06. The van der Waals surface area contributed by atoms with E-state index in [1.54, 1.807) is 0 Å². The number of hydrogen-bond acceptors (Lipinski definition) is 3. The van der Waals surface area contributed by atoms with E-state index in [0.717, 1.165) is 77.1 Å². The van der Waals surface area contributed by atoms with E-state index in [2.05, 4.69) is 76.5 Å². The fourth-order valence-electron chi connectivity index (χ4n) is 5.16. The van der Waals surface area contributed by atoms with Gasteiger partial charge in [-0.3, -0.25) is 4.79 Å². The number of carbonyl (C=O) groups is 1. The highest BCUT2D eigenvalue weighted by Crippen LogP contribution is 2.30. The van der Waals surface area contributed by atoms with Gasteiger partial charge in [0, 0.05) is 34.7 Å². The van der Waals surface area contributed by atoms with Gasteiger partial charge in [0.1, 0.15) is 0 Å². The summed E-state index contributed by atoms with van der Waals surface area (Å²) < 4.78 is 3.87. The maximum Gasteiger partial charge on any atom is 0.185 e. The lowest BCUT2D eigenvalue weighted by atomic mass is 9.86. The Labute approximate surface area is 231 Å². The highest BCUT2D eigenvalue weighted by Gasteiger charge is 2.23. The summed E-state index contributed by atoms with van der Waals surface area (Å²) in [7, 11) is 0. The molecule has 1 aliphatic rings. The largest absolute Gasteiger partial charge is 0.289 e. The molecule has 200 valence electrons. The molecule has 4 aromatic rings. The Morgan fingerprint density at radius 1 is 0.692 bits per heavy atom. The van der Waals surface area contributed by atoms with Crippen molar-refractivity contribution in [3.8, 4) is 11.4 Å². The van der Waals surface area contributed by atoms with Crippen LogP contribution in [0, 0.1) is 11.8 Å². The van der Waals surface area contributed by atoms with Crippen LogP contribution in [0.2, 0.25) is 0 Å². The van der Waals surface area contributed by atoms with Gasteiger partial charge in [-0.2, -0.15) is 10.2 Å². The van der Waals surface area contributed by atoms with E-state index in [1.165, 1.54) is 0 Å². The molecule has 0 N–H and O–H groups in total. The van der Waals surface area contributed by atoms with E-state index in [9.17, 15) is 4.79 Å². The van der Waals surface area contributed by atoms with Crippen LogP contribution in [-0.2, 0) is 17.6 Å². The van der Waals surface area contributed by atoms with Crippen LogP contribution in [0.4, 0.5) is 0 Å². The molecule has 2 aromatic heterocycles. The molecule has 1 aliphatic carbocycles. The van der Waals surface area contributed by atoms with E-state index in [1.807, 2.05) is 45.8 Å². The van der Waals surface area contributed by atoms with Crippen molar-refractivity contribution in [2.24, 2.45) is 11.8 Å². The van der Waals surface area contributed by atoms with Gasteiger partial charge in [0.2, 0.25) is 0 Å². The Morgan fingerprint density at radius 2 is 1.10 bits per heavy atom. The topological polar surface area (TPSA) is 52.7 Å². The van der Waals surface area contributed by atoms with Crippen LogP contribution in [0.15, 0.2) is 84.2 Å². The van der Waals surface area contributed by atoms with Gasteiger partial charge < -0.3 is 0 Å². The molecular weight excluding hydrogens is 480 g/mol. The average molecular weight is 519 g/mol. The zero-order valence-electron chi connectivity index (χ0n) is 23.5. The van der Waals surface area contributed by atoms with Crippen LogP contribution in [0.5, 0.6) is 0 Å². The predicted molar refractivity (Wildman–Crippen MR) is 159 cm³/mol. The molecular formula is C34H38N4O. The first-order valence-corrected chi connectivity index (χ1v) is 14.1. The standard InChI is InChI=1S/C34H38N4O/c1-24(2)18-32-28(22-37(35-32)30-14-7-5-8-15-30)20-26-12-11-13-27(34(26)39)21-29-23-38(31-16-9-6-10-17-31)36-33(29)19-25(3)4/h5-10,14-17,20-25H,11-13,18-19H2,1-4H3/b26-20+,27-21+. The Balaban J connectivity index is 1.48. The lowest BCUT2D eigenvalue weighted by molar-refractivity contribution is -0.112. The SMILES string of the molecule is CC(C)Cc1nn(-c2ccccc2)cc1/C=C1\CCC/C(=C\c2cn(-c3ccccc3)nc2CC(C)C)C1=O. The zero-order chi connectivity index (χ0) is 27.4. The molecule has 2 heterocycles. The number of allylic oxidation sites excluding steroid dienone is 2. The number of rotatable bonds is 8. The number of carbonyl (C=O) groups excluding carboxylic acids is 1. The molecule has 2 aromatic carbocycles. The zero-order valence-corrected chi connectivity index (χ0v) is 23.5. The summed E-state index contributed by atoms with van der Waals surface area (Å²) in [6, 6.07) is 20.3. The summed E-state index contributed by atoms with van der Waals surface area (Å²) >= 11 is 0. The van der Waals surface area contributed by atoms with E-state index in [0.29, 0.717) is 11.8 Å². The molecule has 0 bridgehead atoms. The summed E-state index contributed by atoms with van der Waals surface area (Å²) in [5, 5.41) is 9.81. The quantitative estimate of drug-likeness (QED) is 0.225. The van der Waals surface area contributed by atoms with E-state index < -0.39 is 0 Å². The van der Waals surface area contributed by atoms with Crippen LogP contribution in [-0.4, -0.2) is 25.3 Å². The van der Waals surface area contributed by atoms with Gasteiger partial charge >= 0.3 is 0 Å². The minimum Gasteiger partial charge on any atom is -0.289 e. The molecule has 0 saturated heterocycles. The van der Waals surface area contributed by atoms with Gasteiger partial charge in [-0.05, 0) is 80.4 Å². The number of ketones is 1. The normalized spacial score (nSPS) is 16.2. The number of hydrogen-bond donors (Lipinski definition) is 0. The summed E-state index contributed by atoms with van der Waals surface area (Å²) in [5.74, 6) is 1.09. The lowest BCUT2D eigenvalue weighted by Gasteiger charge is -2.16. The Morgan fingerprint density at radius 3 is 1.49 bits per heavy atom. The van der Waals surface area contributed by atoms with Crippen molar-refractivity contribution in [3.05, 3.63) is 107 Å². The number of para-hydroxylation sites is 2. The first-order chi connectivity index (χ1) is 18.9. The van der Waals surface area contributed by atoms with Gasteiger partial charge in [-0.1, -0.05) is 64.1 Å². The van der Waals surface area contributed by atoms with Crippen LogP contribution >= 0.6 is 0 Å². The molecule has 0 atom stereocenters. The molecule has 39 heavy (non-hydrogen) atoms. The van der Waals surface area contributed by atoms with Crippen LogP contribution < -0.4 is 0 Å². The third kappa shape index (κ3) is 6.36. The summed E-state index contributed by atoms with van der Waals surface area (Å²) in [5.41, 5.74) is 7.93. The summed E-state index contributed by atoms with van der Waals surface area (Å²) in [4.78, 5) is 13.8. The molecule has 0 unspecified atom stereocenters. The highest BCUT2D eigenvalue weighted by molar-refractivity contribution is 6.14. The fraction of sp³-hybridized carbons (Fsp3) is 0.324. The van der Waals surface area contributed by atoms with Crippen LogP contribution in [0.1, 0.15) is 69.5 Å². The average Bonchev–Trinajstić information content (AvgIpc) is 3.50. The molecule has 0 radical (unpaired) electrons. The number of nitrogens with zero attached hydrogens (tertiary/aromatic N) is 4. The molecule has 0 spiro atoms. The fourth-order valence-corrected chi connectivity index (χ4v) is 5.16. The van der Waals surface area contributed by atoms with Crippen molar-refractivity contribution in [2.45, 2.75) is 59.8 Å². The molecule has 0 amide bonds. The smallest absolute Gasteiger partial charge is 0.185 e. The van der Waals surface area contributed by atoms with Gasteiger partial charge in [0.05, 0.1) is 22.8 Å². The number of benzene rings is 2.